The van der Waals surface area contributed by atoms with Gasteiger partial charge in [-0.15, -0.1) is 0 Å². The Balaban J connectivity index is 2.05. The minimum Gasteiger partial charge on any atom is -0.258 e. The summed E-state index contributed by atoms with van der Waals surface area (Å²) < 4.78 is 0. The molecule has 0 saturated carbocycles. The molecule has 4 heteroatoms. The van der Waals surface area contributed by atoms with Crippen molar-refractivity contribution in [3.63, 3.8) is 0 Å². The van der Waals surface area contributed by atoms with E-state index in [1.54, 1.807) is 30.5 Å². The fraction of sp³-hybridized carbons (Fsp3) is 0. The number of para-hydroxylation sites is 1. The number of hydrogen-bond donors (Lipinski definition) is 0. The third-order valence-electron chi connectivity index (χ3n) is 3.26. The zero-order chi connectivity index (χ0) is 14.7. The molecule has 21 heavy (non-hydrogen) atoms. The van der Waals surface area contributed by atoms with Gasteiger partial charge in [0, 0.05) is 17.6 Å². The standard InChI is InChI=1S/C17H12N2O2/c20-19(21)17-8-4-2-6-14(17)9-10-16-15-7-3-1-5-13(15)11-12-18-16/h1-12H/b10-9+. The second-order valence-corrected chi connectivity index (χ2v) is 4.57. The van der Waals surface area contributed by atoms with Crippen LogP contribution in [0.4, 0.5) is 5.69 Å². The van der Waals surface area contributed by atoms with Crippen LogP contribution in [-0.4, -0.2) is 9.91 Å². The van der Waals surface area contributed by atoms with Gasteiger partial charge in [-0.2, -0.15) is 0 Å². The zero-order valence-corrected chi connectivity index (χ0v) is 11.1. The van der Waals surface area contributed by atoms with E-state index in [1.165, 1.54) is 6.07 Å². The van der Waals surface area contributed by atoms with Gasteiger partial charge in [-0.05, 0) is 29.7 Å². The summed E-state index contributed by atoms with van der Waals surface area (Å²) in [6.07, 6.45) is 5.28. The van der Waals surface area contributed by atoms with Crippen molar-refractivity contribution in [2.24, 2.45) is 0 Å². The second kappa shape index (κ2) is 5.54. The van der Waals surface area contributed by atoms with E-state index in [4.69, 9.17) is 0 Å². The molecule has 4 nitrogen and oxygen atoms in total. The van der Waals surface area contributed by atoms with Crippen molar-refractivity contribution in [1.82, 2.24) is 4.98 Å². The maximum absolute atomic E-state index is 11.0. The summed E-state index contributed by atoms with van der Waals surface area (Å²) in [5, 5.41) is 13.1. The van der Waals surface area contributed by atoms with Crippen LogP contribution in [0.2, 0.25) is 0 Å². The fourth-order valence-corrected chi connectivity index (χ4v) is 2.24. The van der Waals surface area contributed by atoms with Crippen LogP contribution in [0, 0.1) is 10.1 Å². The molecule has 0 fully saturated rings. The average Bonchev–Trinajstić information content (AvgIpc) is 2.53. The summed E-state index contributed by atoms with van der Waals surface area (Å²) in [4.78, 5) is 15.0. The Morgan fingerprint density at radius 2 is 1.71 bits per heavy atom. The molecular weight excluding hydrogens is 264 g/mol. The SMILES string of the molecule is O=[N+]([O-])c1ccccc1/C=C/c1nccc2ccccc12. The summed E-state index contributed by atoms with van der Waals surface area (Å²) >= 11 is 0. The molecule has 0 aliphatic heterocycles. The molecule has 0 unspecified atom stereocenters. The average molecular weight is 276 g/mol. The maximum atomic E-state index is 11.0. The topological polar surface area (TPSA) is 56.0 Å². The van der Waals surface area contributed by atoms with Crippen LogP contribution < -0.4 is 0 Å². The van der Waals surface area contributed by atoms with Crippen molar-refractivity contribution in [3.05, 3.63) is 82.2 Å². The first kappa shape index (κ1) is 13.0. The number of benzene rings is 2. The van der Waals surface area contributed by atoms with Gasteiger partial charge in [0.05, 0.1) is 16.2 Å². The highest BCUT2D eigenvalue weighted by Crippen LogP contribution is 2.22. The summed E-state index contributed by atoms with van der Waals surface area (Å²) in [5.41, 5.74) is 1.46. The number of rotatable bonds is 3. The maximum Gasteiger partial charge on any atom is 0.276 e. The van der Waals surface area contributed by atoms with Gasteiger partial charge in [0.25, 0.3) is 5.69 Å². The Morgan fingerprint density at radius 1 is 0.952 bits per heavy atom. The first-order valence-electron chi connectivity index (χ1n) is 6.51. The number of nitro groups is 1. The van der Waals surface area contributed by atoms with Gasteiger partial charge in [-0.1, -0.05) is 36.4 Å². The van der Waals surface area contributed by atoms with E-state index in [0.29, 0.717) is 5.56 Å². The van der Waals surface area contributed by atoms with E-state index in [-0.39, 0.29) is 10.6 Å². The van der Waals surface area contributed by atoms with Crippen LogP contribution in [0.1, 0.15) is 11.3 Å². The lowest BCUT2D eigenvalue weighted by molar-refractivity contribution is -0.385. The van der Waals surface area contributed by atoms with Crippen LogP contribution in [-0.2, 0) is 0 Å². The molecule has 1 heterocycles. The fourth-order valence-electron chi connectivity index (χ4n) is 2.24. The van der Waals surface area contributed by atoms with Crippen molar-refractivity contribution < 1.29 is 4.92 Å². The molecule has 0 spiro atoms. The minimum absolute atomic E-state index is 0.0917. The first-order chi connectivity index (χ1) is 10.3. The van der Waals surface area contributed by atoms with E-state index in [9.17, 15) is 10.1 Å². The van der Waals surface area contributed by atoms with Crippen LogP contribution >= 0.6 is 0 Å². The smallest absolute Gasteiger partial charge is 0.258 e. The molecule has 1 aromatic heterocycles. The van der Waals surface area contributed by atoms with E-state index in [2.05, 4.69) is 4.98 Å². The van der Waals surface area contributed by atoms with Crippen molar-refractivity contribution in [1.29, 1.82) is 0 Å². The van der Waals surface area contributed by atoms with Gasteiger partial charge in [-0.25, -0.2) is 0 Å². The minimum atomic E-state index is -0.379. The summed E-state index contributed by atoms with van der Waals surface area (Å²) in [7, 11) is 0. The molecule has 0 saturated heterocycles. The Bertz CT molecular complexity index is 836. The normalized spacial score (nSPS) is 11.0. The van der Waals surface area contributed by atoms with Gasteiger partial charge in [-0.3, -0.25) is 15.1 Å². The number of hydrogen-bond acceptors (Lipinski definition) is 3. The third-order valence-corrected chi connectivity index (χ3v) is 3.26. The monoisotopic (exact) mass is 276 g/mol. The molecule has 0 N–H and O–H groups in total. The predicted molar refractivity (Wildman–Crippen MR) is 83.8 cm³/mol. The largest absolute Gasteiger partial charge is 0.276 e. The van der Waals surface area contributed by atoms with Crippen molar-refractivity contribution >= 4 is 28.6 Å². The lowest BCUT2D eigenvalue weighted by atomic mass is 10.1. The zero-order valence-electron chi connectivity index (χ0n) is 11.1. The lowest BCUT2D eigenvalue weighted by Gasteiger charge is -2.01. The van der Waals surface area contributed by atoms with Crippen LogP contribution in [0.5, 0.6) is 0 Å². The number of pyridine rings is 1. The van der Waals surface area contributed by atoms with E-state index < -0.39 is 0 Å². The van der Waals surface area contributed by atoms with Crippen molar-refractivity contribution in [2.45, 2.75) is 0 Å². The number of nitro benzene ring substituents is 1. The highest BCUT2D eigenvalue weighted by Gasteiger charge is 2.09. The highest BCUT2D eigenvalue weighted by atomic mass is 16.6. The third kappa shape index (κ3) is 2.65. The quantitative estimate of drug-likeness (QED) is 0.529. The van der Waals surface area contributed by atoms with Crippen molar-refractivity contribution in [2.75, 3.05) is 0 Å². The Hall–Kier alpha value is -3.01. The highest BCUT2D eigenvalue weighted by molar-refractivity contribution is 5.91. The molecule has 0 atom stereocenters. The molecule has 0 aliphatic rings. The van der Waals surface area contributed by atoms with Crippen molar-refractivity contribution in [3.8, 4) is 0 Å². The van der Waals surface area contributed by atoms with Crippen LogP contribution in [0.3, 0.4) is 0 Å². The molecule has 0 amide bonds. The summed E-state index contributed by atoms with van der Waals surface area (Å²) in [6.45, 7) is 0. The van der Waals surface area contributed by atoms with Crippen LogP contribution in [0.15, 0.2) is 60.8 Å². The molecular formula is C17H12N2O2. The van der Waals surface area contributed by atoms with E-state index >= 15 is 0 Å². The molecule has 0 radical (unpaired) electrons. The van der Waals surface area contributed by atoms with Crippen LogP contribution in [0.25, 0.3) is 22.9 Å². The van der Waals surface area contributed by atoms with Gasteiger partial charge in [0.2, 0.25) is 0 Å². The molecule has 2 aromatic carbocycles. The molecule has 3 aromatic rings. The molecule has 102 valence electrons. The molecule has 3 rings (SSSR count). The summed E-state index contributed by atoms with van der Waals surface area (Å²) in [6, 6.07) is 16.5. The number of nitrogens with zero attached hydrogens (tertiary/aromatic N) is 2. The van der Waals surface area contributed by atoms with Gasteiger partial charge < -0.3 is 0 Å². The predicted octanol–water partition coefficient (Wildman–Crippen LogP) is 4.31. The number of aromatic nitrogens is 1. The molecule has 0 aliphatic carbocycles. The second-order valence-electron chi connectivity index (χ2n) is 4.57. The van der Waals surface area contributed by atoms with Gasteiger partial charge in [0.1, 0.15) is 0 Å². The molecule has 0 bridgehead atoms. The van der Waals surface area contributed by atoms with E-state index in [0.717, 1.165) is 16.5 Å². The lowest BCUT2D eigenvalue weighted by Crippen LogP contribution is -1.90. The van der Waals surface area contributed by atoms with Gasteiger partial charge in [0.15, 0.2) is 0 Å². The Labute approximate surface area is 121 Å². The first-order valence-corrected chi connectivity index (χ1v) is 6.51. The Morgan fingerprint density at radius 3 is 2.57 bits per heavy atom. The van der Waals surface area contributed by atoms with E-state index in [1.807, 2.05) is 36.4 Å². The number of fused-ring (bicyclic) bond motifs is 1. The van der Waals surface area contributed by atoms with Gasteiger partial charge >= 0.3 is 0 Å². The summed E-state index contributed by atoms with van der Waals surface area (Å²) in [5.74, 6) is 0. The Kier molecular flexibility index (Phi) is 3.43.